The number of carbonyl (C=O) groups is 2. The number of rotatable bonds is 6. The Kier molecular flexibility index (Phi) is 6.99. The van der Waals surface area contributed by atoms with Crippen LogP contribution in [-0.4, -0.2) is 66.5 Å². The summed E-state index contributed by atoms with van der Waals surface area (Å²) in [6, 6.07) is 4.08. The van der Waals surface area contributed by atoms with Gasteiger partial charge in [-0.25, -0.2) is 4.79 Å². The molecular weight excluding hydrogens is 306 g/mol. The van der Waals surface area contributed by atoms with E-state index in [2.05, 4.69) is 20.5 Å². The van der Waals surface area contributed by atoms with Crippen LogP contribution in [0, 0.1) is 0 Å². The van der Waals surface area contributed by atoms with Crippen LogP contribution in [-0.2, 0) is 11.3 Å². The van der Waals surface area contributed by atoms with E-state index in [9.17, 15) is 9.59 Å². The first kappa shape index (κ1) is 18.2. The second-order valence-corrected chi connectivity index (χ2v) is 6.34. The molecule has 7 heteroatoms. The van der Waals surface area contributed by atoms with Gasteiger partial charge in [-0.15, -0.1) is 0 Å². The Hall–Kier alpha value is -2.15. The summed E-state index contributed by atoms with van der Waals surface area (Å²) < 4.78 is 0. The number of likely N-dealkylation sites (tertiary alicyclic amines) is 1. The van der Waals surface area contributed by atoms with Gasteiger partial charge in [0.25, 0.3) is 0 Å². The lowest BCUT2D eigenvalue weighted by Crippen LogP contribution is -2.48. The van der Waals surface area contributed by atoms with E-state index in [1.807, 2.05) is 24.5 Å². The highest BCUT2D eigenvalue weighted by Crippen LogP contribution is 2.13. The quantitative estimate of drug-likeness (QED) is 0.808. The molecule has 0 saturated carbocycles. The molecule has 1 aromatic heterocycles. The Morgan fingerprint density at radius 1 is 1.25 bits per heavy atom. The number of nitrogens with one attached hydrogen (secondary N) is 2. The molecule has 2 rings (SSSR count). The van der Waals surface area contributed by atoms with Crippen LogP contribution in [0.2, 0.25) is 0 Å². The fourth-order valence-electron chi connectivity index (χ4n) is 2.72. The van der Waals surface area contributed by atoms with Gasteiger partial charge in [0.1, 0.15) is 0 Å². The van der Waals surface area contributed by atoms with Crippen molar-refractivity contribution in [3.8, 4) is 0 Å². The van der Waals surface area contributed by atoms with Crippen molar-refractivity contribution in [2.24, 2.45) is 0 Å². The number of pyridine rings is 1. The molecule has 7 nitrogen and oxygen atoms in total. The van der Waals surface area contributed by atoms with Crippen molar-refractivity contribution in [2.45, 2.75) is 31.8 Å². The molecule has 1 aromatic rings. The summed E-state index contributed by atoms with van der Waals surface area (Å²) in [6.45, 7) is 3.22. The number of nitrogens with zero attached hydrogens (tertiary/aromatic N) is 3. The minimum atomic E-state index is -0.186. The van der Waals surface area contributed by atoms with Crippen LogP contribution >= 0.6 is 0 Å². The van der Waals surface area contributed by atoms with E-state index in [-0.39, 0.29) is 18.0 Å². The molecule has 0 aliphatic carbocycles. The molecule has 0 aromatic carbocycles. The molecule has 0 bridgehead atoms. The van der Waals surface area contributed by atoms with E-state index in [0.29, 0.717) is 13.0 Å². The lowest BCUT2D eigenvalue weighted by Gasteiger charge is -2.32. The van der Waals surface area contributed by atoms with Gasteiger partial charge in [0.2, 0.25) is 5.91 Å². The molecule has 132 valence electrons. The lowest BCUT2D eigenvalue weighted by molar-refractivity contribution is -0.128. The highest BCUT2D eigenvalue weighted by Gasteiger charge is 2.20. The topological polar surface area (TPSA) is 77.6 Å². The van der Waals surface area contributed by atoms with Crippen molar-refractivity contribution < 1.29 is 9.59 Å². The molecule has 1 aliphatic heterocycles. The first-order valence-corrected chi connectivity index (χ1v) is 8.40. The van der Waals surface area contributed by atoms with E-state index >= 15 is 0 Å². The summed E-state index contributed by atoms with van der Waals surface area (Å²) in [6.07, 6.45) is 5.83. The summed E-state index contributed by atoms with van der Waals surface area (Å²) >= 11 is 0. The molecule has 0 radical (unpaired) electrons. The van der Waals surface area contributed by atoms with Crippen molar-refractivity contribution in [2.75, 3.05) is 33.7 Å². The van der Waals surface area contributed by atoms with Crippen LogP contribution < -0.4 is 10.6 Å². The third-order valence-corrected chi connectivity index (χ3v) is 4.20. The van der Waals surface area contributed by atoms with E-state index in [1.54, 1.807) is 14.1 Å². The number of aromatic nitrogens is 1. The van der Waals surface area contributed by atoms with Crippen molar-refractivity contribution in [1.82, 2.24) is 25.4 Å². The number of hydrogen-bond acceptors (Lipinski definition) is 4. The van der Waals surface area contributed by atoms with Crippen LogP contribution in [0.15, 0.2) is 24.5 Å². The maximum absolute atomic E-state index is 11.9. The minimum absolute atomic E-state index is 0.0136. The molecule has 0 unspecified atom stereocenters. The Morgan fingerprint density at radius 3 is 2.54 bits per heavy atom. The summed E-state index contributed by atoms with van der Waals surface area (Å²) in [5.41, 5.74) is 1.26. The molecule has 1 saturated heterocycles. The minimum Gasteiger partial charge on any atom is -0.349 e. The predicted molar refractivity (Wildman–Crippen MR) is 92.4 cm³/mol. The van der Waals surface area contributed by atoms with E-state index in [1.165, 1.54) is 10.5 Å². The van der Waals surface area contributed by atoms with Gasteiger partial charge in [-0.05, 0) is 30.5 Å². The highest BCUT2D eigenvalue weighted by molar-refractivity contribution is 5.78. The SMILES string of the molecule is CN(C)C(=O)CCNC(=O)NC1CCN(Cc2ccncc2)CC1. The molecule has 1 fully saturated rings. The van der Waals surface area contributed by atoms with Crippen molar-refractivity contribution >= 4 is 11.9 Å². The summed E-state index contributed by atoms with van der Waals surface area (Å²) in [5, 5.41) is 5.74. The second-order valence-electron chi connectivity index (χ2n) is 6.34. The maximum Gasteiger partial charge on any atom is 0.315 e. The smallest absolute Gasteiger partial charge is 0.315 e. The van der Waals surface area contributed by atoms with Crippen LogP contribution in [0.25, 0.3) is 0 Å². The fourth-order valence-corrected chi connectivity index (χ4v) is 2.72. The molecule has 3 amide bonds. The summed E-state index contributed by atoms with van der Waals surface area (Å²) in [4.78, 5) is 31.3. The maximum atomic E-state index is 11.9. The summed E-state index contributed by atoms with van der Waals surface area (Å²) in [7, 11) is 3.42. The fraction of sp³-hybridized carbons (Fsp3) is 0.588. The third kappa shape index (κ3) is 6.16. The Bertz CT molecular complexity index is 527. The number of carbonyl (C=O) groups excluding carboxylic acids is 2. The number of hydrogen-bond donors (Lipinski definition) is 2. The van der Waals surface area contributed by atoms with Gasteiger partial charge in [0, 0.05) is 65.1 Å². The molecule has 24 heavy (non-hydrogen) atoms. The zero-order valence-corrected chi connectivity index (χ0v) is 14.5. The normalized spacial score (nSPS) is 15.8. The van der Waals surface area contributed by atoms with Gasteiger partial charge >= 0.3 is 6.03 Å². The molecule has 2 N–H and O–H groups in total. The monoisotopic (exact) mass is 333 g/mol. The second kappa shape index (κ2) is 9.22. The lowest BCUT2D eigenvalue weighted by atomic mass is 10.0. The molecule has 1 aliphatic rings. The van der Waals surface area contributed by atoms with E-state index in [4.69, 9.17) is 0 Å². The Balaban J connectivity index is 1.62. The van der Waals surface area contributed by atoms with Crippen LogP contribution in [0.3, 0.4) is 0 Å². The average molecular weight is 333 g/mol. The Morgan fingerprint density at radius 2 is 1.92 bits per heavy atom. The van der Waals surface area contributed by atoms with Crippen LogP contribution in [0.4, 0.5) is 4.79 Å². The van der Waals surface area contributed by atoms with Crippen molar-refractivity contribution in [1.29, 1.82) is 0 Å². The number of urea groups is 1. The van der Waals surface area contributed by atoms with Crippen molar-refractivity contribution in [3.63, 3.8) is 0 Å². The van der Waals surface area contributed by atoms with Gasteiger partial charge in [-0.1, -0.05) is 0 Å². The first-order chi connectivity index (χ1) is 11.5. The first-order valence-electron chi connectivity index (χ1n) is 8.40. The largest absolute Gasteiger partial charge is 0.349 e. The van der Waals surface area contributed by atoms with E-state index < -0.39 is 0 Å². The average Bonchev–Trinajstić information content (AvgIpc) is 2.57. The Labute approximate surface area is 143 Å². The van der Waals surface area contributed by atoms with Gasteiger partial charge in [-0.2, -0.15) is 0 Å². The van der Waals surface area contributed by atoms with Gasteiger partial charge in [-0.3, -0.25) is 14.7 Å². The zero-order chi connectivity index (χ0) is 17.4. The molecule has 0 spiro atoms. The highest BCUT2D eigenvalue weighted by atomic mass is 16.2. The van der Waals surface area contributed by atoms with Crippen molar-refractivity contribution in [3.05, 3.63) is 30.1 Å². The van der Waals surface area contributed by atoms with Crippen LogP contribution in [0.5, 0.6) is 0 Å². The van der Waals surface area contributed by atoms with Gasteiger partial charge < -0.3 is 15.5 Å². The molecular formula is C17H27N5O2. The summed E-state index contributed by atoms with van der Waals surface area (Å²) in [5.74, 6) is 0.0136. The van der Waals surface area contributed by atoms with E-state index in [0.717, 1.165) is 32.5 Å². The number of amides is 3. The number of piperidine rings is 1. The zero-order valence-electron chi connectivity index (χ0n) is 14.5. The van der Waals surface area contributed by atoms with Crippen LogP contribution in [0.1, 0.15) is 24.8 Å². The molecule has 2 heterocycles. The molecule has 0 atom stereocenters. The predicted octanol–water partition coefficient (Wildman–Crippen LogP) is 0.824. The third-order valence-electron chi connectivity index (χ3n) is 4.20. The standard InChI is InChI=1S/C17H27N5O2/c1-21(2)16(23)5-10-19-17(24)20-15-6-11-22(12-7-15)13-14-3-8-18-9-4-14/h3-4,8-9,15H,5-7,10-13H2,1-2H3,(H2,19,20,24). The van der Waals surface area contributed by atoms with Gasteiger partial charge in [0.05, 0.1) is 0 Å². The van der Waals surface area contributed by atoms with Gasteiger partial charge in [0.15, 0.2) is 0 Å².